The Morgan fingerprint density at radius 2 is 1.79 bits per heavy atom. The Morgan fingerprint density at radius 3 is 2.54 bits per heavy atom. The van der Waals surface area contributed by atoms with E-state index < -0.39 is 5.97 Å². The second-order valence-corrected chi connectivity index (χ2v) is 6.24. The molecule has 1 aromatic heterocycles. The molecular formula is C21H22N4O3. The number of methoxy groups -OCH3 is 2. The van der Waals surface area contributed by atoms with Crippen LogP contribution in [0.25, 0.3) is 0 Å². The number of anilines is 4. The van der Waals surface area contributed by atoms with E-state index in [1.807, 2.05) is 44.2 Å². The van der Waals surface area contributed by atoms with Gasteiger partial charge in [-0.15, -0.1) is 0 Å². The molecule has 0 aliphatic heterocycles. The third-order valence-electron chi connectivity index (χ3n) is 4.01. The summed E-state index contributed by atoms with van der Waals surface area (Å²) in [7, 11) is 2.97. The summed E-state index contributed by atoms with van der Waals surface area (Å²) in [5.41, 5.74) is 3.85. The number of hydrogen-bond donors (Lipinski definition) is 2. The van der Waals surface area contributed by atoms with Gasteiger partial charge in [-0.05, 0) is 49.7 Å². The number of benzene rings is 2. The first-order valence-corrected chi connectivity index (χ1v) is 8.71. The minimum atomic E-state index is -0.392. The van der Waals surface area contributed by atoms with Crippen LogP contribution >= 0.6 is 0 Å². The molecule has 144 valence electrons. The topological polar surface area (TPSA) is 85.4 Å². The lowest BCUT2D eigenvalue weighted by Gasteiger charge is -2.13. The Bertz CT molecular complexity index is 1000. The molecule has 0 saturated carbocycles. The first kappa shape index (κ1) is 19.2. The molecule has 0 spiro atoms. The summed E-state index contributed by atoms with van der Waals surface area (Å²) < 4.78 is 10.2. The summed E-state index contributed by atoms with van der Waals surface area (Å²) in [4.78, 5) is 20.7. The molecule has 2 N–H and O–H groups in total. The molecule has 0 saturated heterocycles. The second kappa shape index (κ2) is 8.39. The molecule has 0 atom stereocenters. The third kappa shape index (κ3) is 4.56. The molecule has 7 heteroatoms. The lowest BCUT2D eigenvalue weighted by molar-refractivity contribution is 0.0601. The highest BCUT2D eigenvalue weighted by Crippen LogP contribution is 2.28. The van der Waals surface area contributed by atoms with Crippen molar-refractivity contribution in [2.45, 2.75) is 13.8 Å². The molecular weight excluding hydrogens is 356 g/mol. The summed E-state index contributed by atoms with van der Waals surface area (Å²) in [6.45, 7) is 3.89. The van der Waals surface area contributed by atoms with Crippen LogP contribution in [0.1, 0.15) is 21.6 Å². The van der Waals surface area contributed by atoms with Crippen molar-refractivity contribution in [3.8, 4) is 5.75 Å². The number of aromatic nitrogens is 2. The van der Waals surface area contributed by atoms with E-state index in [9.17, 15) is 4.79 Å². The van der Waals surface area contributed by atoms with Gasteiger partial charge < -0.3 is 20.1 Å². The predicted octanol–water partition coefficient (Wildman–Crippen LogP) is 4.38. The highest BCUT2D eigenvalue weighted by atomic mass is 16.5. The van der Waals surface area contributed by atoms with E-state index in [0.717, 1.165) is 22.6 Å². The van der Waals surface area contributed by atoms with E-state index in [0.29, 0.717) is 23.1 Å². The number of nitrogens with zero attached hydrogens (tertiary/aromatic N) is 2. The van der Waals surface area contributed by atoms with E-state index in [1.54, 1.807) is 25.3 Å². The normalized spacial score (nSPS) is 10.3. The largest absolute Gasteiger partial charge is 0.495 e. The van der Waals surface area contributed by atoms with Crippen molar-refractivity contribution in [1.29, 1.82) is 0 Å². The predicted molar refractivity (Wildman–Crippen MR) is 109 cm³/mol. The standard InChI is InChI=1S/C21H22N4O3/c1-13-8-9-18(27-3)17(10-13)24-21-22-14(2)11-19(25-21)23-16-7-5-6-15(12-16)20(26)28-4/h5-12H,1-4H3,(H2,22,23,24,25). The van der Waals surface area contributed by atoms with Crippen LogP contribution in [0.4, 0.5) is 23.1 Å². The van der Waals surface area contributed by atoms with Gasteiger partial charge in [0.2, 0.25) is 5.95 Å². The molecule has 0 aliphatic carbocycles. The Balaban J connectivity index is 1.86. The zero-order valence-electron chi connectivity index (χ0n) is 16.2. The van der Waals surface area contributed by atoms with Gasteiger partial charge in [-0.1, -0.05) is 12.1 Å². The lowest BCUT2D eigenvalue weighted by atomic mass is 10.2. The Morgan fingerprint density at radius 1 is 0.964 bits per heavy atom. The number of rotatable bonds is 6. The fraction of sp³-hybridized carbons (Fsp3) is 0.190. The minimum Gasteiger partial charge on any atom is -0.495 e. The molecule has 3 aromatic rings. The summed E-state index contributed by atoms with van der Waals surface area (Å²) in [6.07, 6.45) is 0. The number of hydrogen-bond acceptors (Lipinski definition) is 7. The molecule has 2 aromatic carbocycles. The molecule has 28 heavy (non-hydrogen) atoms. The SMILES string of the molecule is COC(=O)c1cccc(Nc2cc(C)nc(Nc3cc(C)ccc3OC)n2)c1. The van der Waals surface area contributed by atoms with Crippen LogP contribution in [0, 0.1) is 13.8 Å². The van der Waals surface area contributed by atoms with Gasteiger partial charge in [-0.3, -0.25) is 0 Å². The minimum absolute atomic E-state index is 0.392. The van der Waals surface area contributed by atoms with Gasteiger partial charge in [-0.25, -0.2) is 9.78 Å². The first-order valence-electron chi connectivity index (χ1n) is 8.71. The average Bonchev–Trinajstić information content (AvgIpc) is 2.67. The van der Waals surface area contributed by atoms with Crippen molar-refractivity contribution in [3.63, 3.8) is 0 Å². The van der Waals surface area contributed by atoms with E-state index >= 15 is 0 Å². The van der Waals surface area contributed by atoms with Gasteiger partial charge in [-0.2, -0.15) is 4.98 Å². The van der Waals surface area contributed by atoms with Crippen molar-refractivity contribution in [3.05, 3.63) is 65.4 Å². The number of carbonyl (C=O) groups is 1. The number of aryl methyl sites for hydroxylation is 2. The average molecular weight is 378 g/mol. The lowest BCUT2D eigenvalue weighted by Crippen LogP contribution is -2.05. The van der Waals surface area contributed by atoms with Crippen LogP contribution in [0.3, 0.4) is 0 Å². The van der Waals surface area contributed by atoms with Crippen molar-refractivity contribution in [1.82, 2.24) is 9.97 Å². The molecule has 0 radical (unpaired) electrons. The molecule has 3 rings (SSSR count). The Hall–Kier alpha value is -3.61. The number of nitrogens with one attached hydrogen (secondary N) is 2. The molecule has 0 unspecified atom stereocenters. The highest BCUT2D eigenvalue weighted by Gasteiger charge is 2.09. The first-order chi connectivity index (χ1) is 13.5. The van der Waals surface area contributed by atoms with Gasteiger partial charge in [0.1, 0.15) is 11.6 Å². The zero-order chi connectivity index (χ0) is 20.1. The van der Waals surface area contributed by atoms with E-state index in [1.165, 1.54) is 7.11 Å². The van der Waals surface area contributed by atoms with Gasteiger partial charge in [0, 0.05) is 17.4 Å². The molecule has 0 amide bonds. The monoisotopic (exact) mass is 378 g/mol. The van der Waals surface area contributed by atoms with Crippen molar-refractivity contribution in [2.75, 3.05) is 24.9 Å². The second-order valence-electron chi connectivity index (χ2n) is 6.24. The summed E-state index contributed by atoms with van der Waals surface area (Å²) in [6, 6.07) is 14.7. The highest BCUT2D eigenvalue weighted by molar-refractivity contribution is 5.90. The fourth-order valence-corrected chi connectivity index (χ4v) is 2.72. The summed E-state index contributed by atoms with van der Waals surface area (Å²) >= 11 is 0. The molecule has 0 aliphatic rings. The maximum Gasteiger partial charge on any atom is 0.337 e. The summed E-state index contributed by atoms with van der Waals surface area (Å²) in [5, 5.41) is 6.41. The van der Waals surface area contributed by atoms with E-state index in [4.69, 9.17) is 9.47 Å². The van der Waals surface area contributed by atoms with Crippen molar-refractivity contribution in [2.24, 2.45) is 0 Å². The van der Waals surface area contributed by atoms with Crippen molar-refractivity contribution < 1.29 is 14.3 Å². The maximum atomic E-state index is 11.7. The van der Waals surface area contributed by atoms with E-state index in [2.05, 4.69) is 20.6 Å². The van der Waals surface area contributed by atoms with Crippen LogP contribution in [-0.4, -0.2) is 30.2 Å². The quantitative estimate of drug-likeness (QED) is 0.616. The van der Waals surface area contributed by atoms with Crippen molar-refractivity contribution >= 4 is 29.1 Å². The molecule has 0 bridgehead atoms. The molecule has 1 heterocycles. The number of esters is 1. The maximum absolute atomic E-state index is 11.7. The summed E-state index contributed by atoms with van der Waals surface area (Å²) in [5.74, 6) is 1.35. The van der Waals surface area contributed by atoms with Crippen LogP contribution < -0.4 is 15.4 Å². The third-order valence-corrected chi connectivity index (χ3v) is 4.01. The zero-order valence-corrected chi connectivity index (χ0v) is 16.2. The van der Waals surface area contributed by atoms with Gasteiger partial charge in [0.25, 0.3) is 0 Å². The molecule has 7 nitrogen and oxygen atoms in total. The number of ether oxygens (including phenoxy) is 2. The van der Waals surface area contributed by atoms with Crippen LogP contribution in [0.15, 0.2) is 48.5 Å². The van der Waals surface area contributed by atoms with Gasteiger partial charge in [0.15, 0.2) is 0 Å². The number of carbonyl (C=O) groups excluding carboxylic acids is 1. The molecule has 0 fully saturated rings. The Kier molecular flexibility index (Phi) is 5.74. The van der Waals surface area contributed by atoms with E-state index in [-0.39, 0.29) is 0 Å². The smallest absolute Gasteiger partial charge is 0.337 e. The Labute approximate surface area is 163 Å². The van der Waals surface area contributed by atoms with Gasteiger partial charge in [0.05, 0.1) is 25.5 Å². The van der Waals surface area contributed by atoms with Crippen LogP contribution in [0.2, 0.25) is 0 Å². The fourth-order valence-electron chi connectivity index (χ4n) is 2.72. The van der Waals surface area contributed by atoms with Crippen LogP contribution in [-0.2, 0) is 4.74 Å². The van der Waals surface area contributed by atoms with Gasteiger partial charge >= 0.3 is 5.97 Å². The van der Waals surface area contributed by atoms with Crippen LogP contribution in [0.5, 0.6) is 5.75 Å².